The van der Waals surface area contributed by atoms with E-state index in [2.05, 4.69) is 4.74 Å². The summed E-state index contributed by atoms with van der Waals surface area (Å²) in [6.45, 7) is 0.0592. The van der Waals surface area contributed by atoms with Gasteiger partial charge in [0.15, 0.2) is 0 Å². The molecule has 0 radical (unpaired) electrons. The van der Waals surface area contributed by atoms with Crippen LogP contribution >= 0.6 is 11.6 Å². The number of nitrogens with zero attached hydrogens (tertiary/aromatic N) is 1. The molecule has 7 nitrogen and oxygen atoms in total. The van der Waals surface area contributed by atoms with Crippen molar-refractivity contribution in [2.75, 3.05) is 20.2 Å². The molecule has 1 unspecified atom stereocenters. The number of hydrogen-bond donors (Lipinski definition) is 1. The van der Waals surface area contributed by atoms with E-state index in [1.807, 2.05) is 0 Å². The molecule has 1 aromatic rings. The van der Waals surface area contributed by atoms with Crippen molar-refractivity contribution in [1.82, 2.24) is 4.31 Å². The lowest BCUT2D eigenvalue weighted by molar-refractivity contribution is -0.141. The molecule has 1 heterocycles. The summed E-state index contributed by atoms with van der Waals surface area (Å²) in [6.07, 6.45) is 0.266. The van der Waals surface area contributed by atoms with Crippen LogP contribution in [0.2, 0.25) is 5.02 Å². The third-order valence-corrected chi connectivity index (χ3v) is 5.66. The number of benzene rings is 1. The van der Waals surface area contributed by atoms with Gasteiger partial charge in [0.05, 0.1) is 28.5 Å². The highest BCUT2D eigenvalue weighted by Gasteiger charge is 2.36. The SMILES string of the molecule is COC(=O)c1ccc(S(=O)(=O)N2CCC(C(=O)O)C2)cc1Cl. The maximum absolute atomic E-state index is 12.5. The van der Waals surface area contributed by atoms with Gasteiger partial charge in [-0.05, 0) is 24.6 Å². The fourth-order valence-corrected chi connectivity index (χ4v) is 4.08. The summed E-state index contributed by atoms with van der Waals surface area (Å²) < 4.78 is 30.6. The number of methoxy groups -OCH3 is 1. The number of hydrogen-bond acceptors (Lipinski definition) is 5. The first-order valence-corrected chi connectivity index (χ1v) is 8.20. The Morgan fingerprint density at radius 3 is 2.59 bits per heavy atom. The fourth-order valence-electron chi connectivity index (χ4n) is 2.23. The second-order valence-corrected chi connectivity index (χ2v) is 7.17. The molecule has 1 atom stereocenters. The van der Waals surface area contributed by atoms with Gasteiger partial charge < -0.3 is 9.84 Å². The van der Waals surface area contributed by atoms with Gasteiger partial charge >= 0.3 is 11.9 Å². The lowest BCUT2D eigenvalue weighted by atomic mass is 10.1. The molecular formula is C13H14ClNO6S. The number of carbonyl (C=O) groups is 2. The molecule has 2 rings (SSSR count). The van der Waals surface area contributed by atoms with Crippen LogP contribution < -0.4 is 0 Å². The molecule has 1 aliphatic rings. The van der Waals surface area contributed by atoms with Gasteiger partial charge in [-0.2, -0.15) is 4.31 Å². The number of esters is 1. The molecule has 0 aliphatic carbocycles. The van der Waals surface area contributed by atoms with E-state index >= 15 is 0 Å². The van der Waals surface area contributed by atoms with Gasteiger partial charge in [-0.15, -0.1) is 0 Å². The summed E-state index contributed by atoms with van der Waals surface area (Å²) in [5.41, 5.74) is 0.0629. The van der Waals surface area contributed by atoms with Crippen LogP contribution in [-0.2, 0) is 19.6 Å². The number of rotatable bonds is 4. The van der Waals surface area contributed by atoms with E-state index in [4.69, 9.17) is 16.7 Å². The largest absolute Gasteiger partial charge is 0.481 e. The van der Waals surface area contributed by atoms with Gasteiger partial charge in [0.2, 0.25) is 10.0 Å². The number of aliphatic carboxylic acids is 1. The first kappa shape index (κ1) is 16.7. The average molecular weight is 348 g/mol. The molecule has 22 heavy (non-hydrogen) atoms. The minimum atomic E-state index is -3.84. The van der Waals surface area contributed by atoms with Crippen molar-refractivity contribution in [2.24, 2.45) is 5.92 Å². The fraction of sp³-hybridized carbons (Fsp3) is 0.385. The summed E-state index contributed by atoms with van der Waals surface area (Å²) in [4.78, 5) is 22.3. The van der Waals surface area contributed by atoms with Crippen LogP contribution in [0.25, 0.3) is 0 Å². The summed E-state index contributed by atoms with van der Waals surface area (Å²) in [7, 11) is -2.65. The lowest BCUT2D eigenvalue weighted by Gasteiger charge is -2.16. The molecule has 0 aromatic heterocycles. The third-order valence-electron chi connectivity index (χ3n) is 3.48. The van der Waals surface area contributed by atoms with E-state index in [0.717, 1.165) is 10.4 Å². The molecule has 1 N–H and O–H groups in total. The van der Waals surface area contributed by atoms with Gasteiger partial charge in [-0.3, -0.25) is 4.79 Å². The zero-order valence-electron chi connectivity index (χ0n) is 11.7. The Hall–Kier alpha value is -1.64. The van der Waals surface area contributed by atoms with Gasteiger partial charge in [0, 0.05) is 13.1 Å². The van der Waals surface area contributed by atoms with E-state index < -0.39 is 27.9 Å². The highest BCUT2D eigenvalue weighted by Crippen LogP contribution is 2.27. The predicted molar refractivity (Wildman–Crippen MR) is 77.3 cm³/mol. The van der Waals surface area contributed by atoms with Crippen molar-refractivity contribution in [1.29, 1.82) is 0 Å². The van der Waals surface area contributed by atoms with E-state index in [-0.39, 0.29) is 35.0 Å². The Bertz CT molecular complexity index is 717. The number of carbonyl (C=O) groups excluding carboxylic acids is 1. The molecule has 1 fully saturated rings. The third kappa shape index (κ3) is 3.08. The van der Waals surface area contributed by atoms with Crippen LogP contribution in [-0.4, -0.2) is 50.0 Å². The quantitative estimate of drug-likeness (QED) is 0.822. The Labute approximate surface area is 132 Å². The minimum Gasteiger partial charge on any atom is -0.481 e. The standard InChI is InChI=1S/C13H14ClNO6S/c1-21-13(18)10-3-2-9(6-11(10)14)22(19,20)15-5-4-8(7-15)12(16)17/h2-3,6,8H,4-5,7H2,1H3,(H,16,17). The zero-order valence-corrected chi connectivity index (χ0v) is 13.2. The first-order chi connectivity index (χ1) is 10.3. The number of halogens is 1. The summed E-state index contributed by atoms with van der Waals surface area (Å²) >= 11 is 5.92. The molecule has 0 amide bonds. The van der Waals surface area contributed by atoms with Crippen LogP contribution in [0.1, 0.15) is 16.8 Å². The van der Waals surface area contributed by atoms with Crippen LogP contribution in [0.15, 0.2) is 23.1 Å². The Kier molecular flexibility index (Phi) is 4.74. The van der Waals surface area contributed by atoms with Crippen molar-refractivity contribution in [2.45, 2.75) is 11.3 Å². The van der Waals surface area contributed by atoms with Gasteiger partial charge in [0.25, 0.3) is 0 Å². The Morgan fingerprint density at radius 2 is 2.09 bits per heavy atom. The highest BCUT2D eigenvalue weighted by molar-refractivity contribution is 7.89. The lowest BCUT2D eigenvalue weighted by Crippen LogP contribution is -2.30. The molecular weight excluding hydrogens is 334 g/mol. The number of carboxylic acids is 1. The molecule has 1 aromatic carbocycles. The van der Waals surface area contributed by atoms with Crippen molar-refractivity contribution < 1.29 is 27.9 Å². The molecule has 120 valence electrons. The monoisotopic (exact) mass is 347 g/mol. The average Bonchev–Trinajstić information content (AvgIpc) is 2.97. The van der Waals surface area contributed by atoms with Crippen LogP contribution in [0.5, 0.6) is 0 Å². The van der Waals surface area contributed by atoms with Gasteiger partial charge in [-0.25, -0.2) is 13.2 Å². The molecule has 1 saturated heterocycles. The Balaban J connectivity index is 2.29. The topological polar surface area (TPSA) is 101 Å². The zero-order chi connectivity index (χ0) is 16.5. The van der Waals surface area contributed by atoms with E-state index in [9.17, 15) is 18.0 Å². The molecule has 0 spiro atoms. The second kappa shape index (κ2) is 6.23. The van der Waals surface area contributed by atoms with Crippen molar-refractivity contribution >= 4 is 33.6 Å². The Morgan fingerprint density at radius 1 is 1.41 bits per heavy atom. The second-order valence-electron chi connectivity index (χ2n) is 4.82. The maximum atomic E-state index is 12.5. The number of ether oxygens (including phenoxy) is 1. The molecule has 0 bridgehead atoms. The summed E-state index contributed by atoms with van der Waals surface area (Å²) in [5, 5.41) is 8.90. The highest BCUT2D eigenvalue weighted by atomic mass is 35.5. The van der Waals surface area contributed by atoms with E-state index in [1.165, 1.54) is 19.2 Å². The summed E-state index contributed by atoms with van der Waals surface area (Å²) in [5.74, 6) is -2.39. The first-order valence-electron chi connectivity index (χ1n) is 6.38. The normalized spacial score (nSPS) is 19.1. The minimum absolute atomic E-state index is 0.0399. The predicted octanol–water partition coefficient (Wildman–Crippen LogP) is 1.22. The number of carboxylic acid groups (broad SMARTS) is 1. The maximum Gasteiger partial charge on any atom is 0.339 e. The van der Waals surface area contributed by atoms with Crippen molar-refractivity contribution in [3.63, 3.8) is 0 Å². The smallest absolute Gasteiger partial charge is 0.339 e. The van der Waals surface area contributed by atoms with Crippen LogP contribution in [0.4, 0.5) is 0 Å². The summed E-state index contributed by atoms with van der Waals surface area (Å²) in [6, 6.07) is 3.69. The van der Waals surface area contributed by atoms with E-state index in [0.29, 0.717) is 0 Å². The van der Waals surface area contributed by atoms with Gasteiger partial charge in [-0.1, -0.05) is 11.6 Å². The molecule has 1 aliphatic heterocycles. The van der Waals surface area contributed by atoms with Crippen molar-refractivity contribution in [3.05, 3.63) is 28.8 Å². The van der Waals surface area contributed by atoms with Crippen molar-refractivity contribution in [3.8, 4) is 0 Å². The van der Waals surface area contributed by atoms with Crippen LogP contribution in [0, 0.1) is 5.92 Å². The van der Waals surface area contributed by atoms with Crippen LogP contribution in [0.3, 0.4) is 0 Å². The number of sulfonamides is 1. The van der Waals surface area contributed by atoms with Gasteiger partial charge in [0.1, 0.15) is 0 Å². The molecule has 0 saturated carbocycles. The van der Waals surface area contributed by atoms with E-state index in [1.54, 1.807) is 0 Å². The molecule has 9 heteroatoms.